The molecule has 0 atom stereocenters. The van der Waals surface area contributed by atoms with Crippen LogP contribution in [-0.2, 0) is 11.2 Å². The van der Waals surface area contributed by atoms with E-state index in [0.717, 1.165) is 11.3 Å². The lowest BCUT2D eigenvalue weighted by atomic mass is 10.1. The van der Waals surface area contributed by atoms with Gasteiger partial charge >= 0.3 is 0 Å². The summed E-state index contributed by atoms with van der Waals surface area (Å²) in [4.78, 5) is 40.8. The van der Waals surface area contributed by atoms with E-state index in [-0.39, 0.29) is 29.8 Å². The number of nitrogens with zero attached hydrogens (tertiary/aromatic N) is 3. The van der Waals surface area contributed by atoms with Crippen LogP contribution in [0, 0.1) is 13.8 Å². The summed E-state index contributed by atoms with van der Waals surface area (Å²) in [5.74, 6) is -1.10. The van der Waals surface area contributed by atoms with E-state index in [1.807, 2.05) is 27.7 Å². The van der Waals surface area contributed by atoms with Gasteiger partial charge in [-0.3, -0.25) is 14.4 Å². The molecule has 2 aromatic heterocycles. The van der Waals surface area contributed by atoms with Gasteiger partial charge in [0.15, 0.2) is 5.65 Å². The Hall–Kier alpha value is -3.46. The van der Waals surface area contributed by atoms with Crippen molar-refractivity contribution in [2.75, 3.05) is 5.32 Å². The maximum absolute atomic E-state index is 12.6. The summed E-state index contributed by atoms with van der Waals surface area (Å²) in [6.45, 7) is 7.39. The van der Waals surface area contributed by atoms with E-state index in [0.29, 0.717) is 34.0 Å². The van der Waals surface area contributed by atoms with Gasteiger partial charge in [-0.25, -0.2) is 9.50 Å². The molecule has 0 aliphatic carbocycles. The Balaban J connectivity index is 1.75. The summed E-state index contributed by atoms with van der Waals surface area (Å²) in [7, 11) is 0. The van der Waals surface area contributed by atoms with Gasteiger partial charge in [-0.2, -0.15) is 5.10 Å². The first-order valence-electron chi connectivity index (χ1n) is 10.1. The number of hydrogen-bond acceptors (Lipinski definition) is 5. The molecule has 1 aromatic carbocycles. The Morgan fingerprint density at radius 3 is 2.59 bits per heavy atom. The summed E-state index contributed by atoms with van der Waals surface area (Å²) in [6.07, 6.45) is 1.96. The van der Waals surface area contributed by atoms with E-state index in [1.54, 1.807) is 22.7 Å². The molecule has 4 N–H and O–H groups in total. The van der Waals surface area contributed by atoms with Crippen molar-refractivity contribution >= 4 is 40.7 Å². The first-order chi connectivity index (χ1) is 15.1. The van der Waals surface area contributed by atoms with Gasteiger partial charge in [-0.1, -0.05) is 11.6 Å². The molecule has 0 saturated heterocycles. The highest BCUT2D eigenvalue weighted by molar-refractivity contribution is 6.33. The number of nitrogens with one attached hydrogen (secondary N) is 2. The van der Waals surface area contributed by atoms with Gasteiger partial charge < -0.3 is 16.4 Å². The summed E-state index contributed by atoms with van der Waals surface area (Å²) in [6, 6.07) is 4.72. The van der Waals surface area contributed by atoms with E-state index in [2.05, 4.69) is 20.7 Å². The SMILES string of the molecule is Cc1nc2c(C(N)=O)cnn2c(C)c1CCC(=O)Nc1cc(C(=O)NC(C)C)ccc1Cl. The van der Waals surface area contributed by atoms with E-state index in [4.69, 9.17) is 17.3 Å². The largest absolute Gasteiger partial charge is 0.365 e. The summed E-state index contributed by atoms with van der Waals surface area (Å²) >= 11 is 6.21. The minimum absolute atomic E-state index is 0.0116. The van der Waals surface area contributed by atoms with Gasteiger partial charge in [0.2, 0.25) is 5.91 Å². The molecule has 0 spiro atoms. The molecule has 9 nitrogen and oxygen atoms in total. The van der Waals surface area contributed by atoms with Crippen LogP contribution >= 0.6 is 11.6 Å². The Labute approximate surface area is 190 Å². The Kier molecular flexibility index (Phi) is 6.78. The second-order valence-corrected chi connectivity index (χ2v) is 8.20. The van der Waals surface area contributed by atoms with Gasteiger partial charge in [0, 0.05) is 29.4 Å². The van der Waals surface area contributed by atoms with Gasteiger partial charge in [0.25, 0.3) is 11.8 Å². The third kappa shape index (κ3) is 4.88. The topological polar surface area (TPSA) is 131 Å². The number of aromatic nitrogens is 3. The van der Waals surface area contributed by atoms with Gasteiger partial charge in [-0.05, 0) is 57.9 Å². The molecule has 0 saturated carbocycles. The Bertz CT molecular complexity index is 1220. The average Bonchev–Trinajstić information content (AvgIpc) is 3.13. The first kappa shape index (κ1) is 23.2. The predicted octanol–water partition coefficient (Wildman–Crippen LogP) is 2.81. The van der Waals surface area contributed by atoms with Crippen LogP contribution in [0.15, 0.2) is 24.4 Å². The monoisotopic (exact) mass is 456 g/mol. The summed E-state index contributed by atoms with van der Waals surface area (Å²) < 4.78 is 1.55. The van der Waals surface area contributed by atoms with Crippen LogP contribution in [0.4, 0.5) is 5.69 Å². The average molecular weight is 457 g/mol. The van der Waals surface area contributed by atoms with Crippen LogP contribution in [0.25, 0.3) is 5.65 Å². The van der Waals surface area contributed by atoms with Crippen molar-refractivity contribution in [2.45, 2.75) is 46.6 Å². The van der Waals surface area contributed by atoms with Crippen molar-refractivity contribution in [2.24, 2.45) is 5.73 Å². The molecule has 10 heteroatoms. The van der Waals surface area contributed by atoms with Gasteiger partial charge in [0.1, 0.15) is 5.56 Å². The fourth-order valence-corrected chi connectivity index (χ4v) is 3.57. The molecule has 168 valence electrons. The lowest BCUT2D eigenvalue weighted by molar-refractivity contribution is -0.116. The van der Waals surface area contributed by atoms with Crippen molar-refractivity contribution in [3.8, 4) is 0 Å². The number of carbonyl (C=O) groups is 3. The van der Waals surface area contributed by atoms with E-state index in [9.17, 15) is 14.4 Å². The number of primary amides is 1. The van der Waals surface area contributed by atoms with E-state index < -0.39 is 5.91 Å². The number of carbonyl (C=O) groups excluding carboxylic acids is 3. The number of fused-ring (bicyclic) bond motifs is 1. The number of rotatable bonds is 7. The molecule has 32 heavy (non-hydrogen) atoms. The van der Waals surface area contributed by atoms with Crippen LogP contribution in [0.3, 0.4) is 0 Å². The van der Waals surface area contributed by atoms with Crippen molar-refractivity contribution in [1.29, 1.82) is 0 Å². The molecule has 2 heterocycles. The molecule has 0 aliphatic rings. The van der Waals surface area contributed by atoms with E-state index >= 15 is 0 Å². The second-order valence-electron chi connectivity index (χ2n) is 7.79. The molecule has 0 aliphatic heterocycles. The fourth-order valence-electron chi connectivity index (χ4n) is 3.41. The molecular weight excluding hydrogens is 432 g/mol. The van der Waals surface area contributed by atoms with Crippen LogP contribution in [0.1, 0.15) is 57.9 Å². The zero-order valence-corrected chi connectivity index (χ0v) is 19.1. The highest BCUT2D eigenvalue weighted by Gasteiger charge is 2.18. The molecule has 3 rings (SSSR count). The van der Waals surface area contributed by atoms with Crippen molar-refractivity contribution < 1.29 is 14.4 Å². The van der Waals surface area contributed by atoms with Crippen LogP contribution in [0.2, 0.25) is 5.02 Å². The highest BCUT2D eigenvalue weighted by atomic mass is 35.5. The lowest BCUT2D eigenvalue weighted by Crippen LogP contribution is -2.30. The molecule has 3 amide bonds. The molecule has 0 unspecified atom stereocenters. The third-order valence-corrected chi connectivity index (χ3v) is 5.33. The molecular formula is C22H25ClN6O3. The Morgan fingerprint density at radius 1 is 1.22 bits per heavy atom. The van der Waals surface area contributed by atoms with Gasteiger partial charge in [-0.15, -0.1) is 0 Å². The normalized spacial score (nSPS) is 11.1. The molecule has 0 fully saturated rings. The predicted molar refractivity (Wildman–Crippen MR) is 122 cm³/mol. The number of hydrogen-bond donors (Lipinski definition) is 3. The molecule has 0 bridgehead atoms. The fraction of sp³-hybridized carbons (Fsp3) is 0.318. The number of aryl methyl sites for hydroxylation is 2. The maximum Gasteiger partial charge on any atom is 0.254 e. The third-order valence-electron chi connectivity index (χ3n) is 5.00. The minimum Gasteiger partial charge on any atom is -0.365 e. The Morgan fingerprint density at radius 2 is 1.94 bits per heavy atom. The quantitative estimate of drug-likeness (QED) is 0.503. The van der Waals surface area contributed by atoms with E-state index in [1.165, 1.54) is 6.20 Å². The zero-order valence-electron chi connectivity index (χ0n) is 18.3. The number of benzene rings is 1. The molecule has 0 radical (unpaired) electrons. The standard InChI is InChI=1S/C22H25ClN6O3/c1-11(2)26-22(32)14-5-7-17(23)18(9-14)28-19(30)8-6-15-12(3)27-21-16(20(24)31)10-25-29(21)13(15)4/h5,7,9-11H,6,8H2,1-4H3,(H2,24,31)(H,26,32)(H,28,30). The summed E-state index contributed by atoms with van der Waals surface area (Å²) in [5, 5.41) is 10.1. The number of halogens is 1. The van der Waals surface area contributed by atoms with Crippen LogP contribution in [0.5, 0.6) is 0 Å². The van der Waals surface area contributed by atoms with Crippen LogP contribution < -0.4 is 16.4 Å². The zero-order chi connectivity index (χ0) is 23.6. The lowest BCUT2D eigenvalue weighted by Gasteiger charge is -2.13. The smallest absolute Gasteiger partial charge is 0.254 e. The molecule has 3 aromatic rings. The minimum atomic E-state index is -0.598. The first-order valence-corrected chi connectivity index (χ1v) is 10.5. The number of anilines is 1. The highest BCUT2D eigenvalue weighted by Crippen LogP contribution is 2.24. The van der Waals surface area contributed by atoms with Crippen molar-refractivity contribution in [3.05, 3.63) is 57.5 Å². The van der Waals surface area contributed by atoms with Crippen LogP contribution in [-0.4, -0.2) is 38.4 Å². The summed E-state index contributed by atoms with van der Waals surface area (Å²) in [5.41, 5.74) is 9.11. The van der Waals surface area contributed by atoms with Gasteiger partial charge in [0.05, 0.1) is 16.9 Å². The number of amides is 3. The maximum atomic E-state index is 12.6. The van der Waals surface area contributed by atoms with Crippen molar-refractivity contribution in [1.82, 2.24) is 19.9 Å². The van der Waals surface area contributed by atoms with Crippen molar-refractivity contribution in [3.63, 3.8) is 0 Å². The second kappa shape index (κ2) is 9.35. The number of nitrogens with two attached hydrogens (primary N) is 1.